The first-order valence-electron chi connectivity index (χ1n) is 7.50. The normalized spacial score (nSPS) is 18.0. The van der Waals surface area contributed by atoms with Crippen molar-refractivity contribution in [2.24, 2.45) is 0 Å². The minimum atomic E-state index is 0.375. The molecule has 1 aliphatic heterocycles. The van der Waals surface area contributed by atoms with Crippen LogP contribution in [0.5, 0.6) is 5.75 Å². The van der Waals surface area contributed by atoms with Crippen LogP contribution in [0.15, 0.2) is 42.6 Å². The molecule has 21 heavy (non-hydrogen) atoms. The average molecular weight is 286 g/mol. The van der Waals surface area contributed by atoms with Gasteiger partial charge >= 0.3 is 0 Å². The molecule has 4 nitrogen and oxygen atoms in total. The van der Waals surface area contributed by atoms with Crippen molar-refractivity contribution in [2.75, 3.05) is 20.3 Å². The van der Waals surface area contributed by atoms with Crippen molar-refractivity contribution >= 4 is 0 Å². The summed E-state index contributed by atoms with van der Waals surface area (Å²) in [7, 11) is 1.71. The predicted molar refractivity (Wildman–Crippen MR) is 83.0 cm³/mol. The minimum absolute atomic E-state index is 0.375. The van der Waals surface area contributed by atoms with E-state index in [1.54, 1.807) is 7.11 Å². The van der Waals surface area contributed by atoms with Gasteiger partial charge in [-0.2, -0.15) is 0 Å². The Bertz CT molecular complexity index is 574. The van der Waals surface area contributed by atoms with Crippen LogP contribution in [-0.2, 0) is 11.3 Å². The van der Waals surface area contributed by atoms with Crippen molar-refractivity contribution in [3.8, 4) is 11.4 Å². The molecule has 3 rings (SSSR count). The van der Waals surface area contributed by atoms with Gasteiger partial charge < -0.3 is 19.4 Å². The molecule has 0 bridgehead atoms. The third kappa shape index (κ3) is 3.28. The van der Waals surface area contributed by atoms with E-state index in [4.69, 9.17) is 9.47 Å². The van der Waals surface area contributed by atoms with Crippen LogP contribution < -0.4 is 10.1 Å². The molecule has 112 valence electrons. The molecule has 4 heteroatoms. The third-order valence-corrected chi connectivity index (χ3v) is 3.88. The fourth-order valence-corrected chi connectivity index (χ4v) is 2.79. The van der Waals surface area contributed by atoms with Gasteiger partial charge in [0.15, 0.2) is 0 Å². The Balaban J connectivity index is 1.68. The van der Waals surface area contributed by atoms with E-state index in [1.807, 2.05) is 18.2 Å². The van der Waals surface area contributed by atoms with Crippen LogP contribution in [0.1, 0.15) is 18.5 Å². The topological polar surface area (TPSA) is 35.4 Å². The first kappa shape index (κ1) is 14.2. The largest absolute Gasteiger partial charge is 0.495 e. The molecule has 0 aliphatic carbocycles. The molecule has 1 N–H and O–H groups in total. The number of rotatable bonds is 6. The number of para-hydroxylation sites is 2. The van der Waals surface area contributed by atoms with Gasteiger partial charge in [0.2, 0.25) is 0 Å². The van der Waals surface area contributed by atoms with Crippen molar-refractivity contribution in [2.45, 2.75) is 25.5 Å². The number of nitrogens with zero attached hydrogens (tertiary/aromatic N) is 1. The van der Waals surface area contributed by atoms with Crippen LogP contribution in [-0.4, -0.2) is 30.9 Å². The molecule has 1 atom stereocenters. The van der Waals surface area contributed by atoms with E-state index >= 15 is 0 Å². The standard InChI is InChI=1S/C17H22N2O2/c1-20-17-9-3-2-8-16(17)19-10-4-6-14(19)12-18-13-15-7-5-11-21-15/h2-4,6,8-10,15,18H,5,7,11-13H2,1H3. The van der Waals surface area contributed by atoms with E-state index in [0.29, 0.717) is 6.10 Å². The lowest BCUT2D eigenvalue weighted by atomic mass is 10.2. The van der Waals surface area contributed by atoms with E-state index < -0.39 is 0 Å². The number of ether oxygens (including phenoxy) is 2. The summed E-state index contributed by atoms with van der Waals surface area (Å²) < 4.78 is 13.3. The Morgan fingerprint density at radius 3 is 3.00 bits per heavy atom. The third-order valence-electron chi connectivity index (χ3n) is 3.88. The number of hydrogen-bond donors (Lipinski definition) is 1. The molecule has 0 spiro atoms. The molecule has 1 saturated heterocycles. The molecule has 2 aromatic rings. The Kier molecular flexibility index (Phi) is 4.58. The molecule has 1 unspecified atom stereocenters. The molecule has 1 fully saturated rings. The lowest BCUT2D eigenvalue weighted by molar-refractivity contribution is 0.110. The molecular formula is C17H22N2O2. The van der Waals surface area contributed by atoms with Crippen molar-refractivity contribution in [1.29, 1.82) is 0 Å². The summed E-state index contributed by atoms with van der Waals surface area (Å²) in [5.41, 5.74) is 2.29. The summed E-state index contributed by atoms with van der Waals surface area (Å²) in [6.07, 6.45) is 4.80. The maximum absolute atomic E-state index is 5.63. The van der Waals surface area contributed by atoms with E-state index in [2.05, 4.69) is 34.3 Å². The second-order valence-corrected chi connectivity index (χ2v) is 5.31. The number of aromatic nitrogens is 1. The van der Waals surface area contributed by atoms with Crippen molar-refractivity contribution in [1.82, 2.24) is 9.88 Å². The van der Waals surface area contributed by atoms with Gasteiger partial charge in [-0.1, -0.05) is 12.1 Å². The van der Waals surface area contributed by atoms with Gasteiger partial charge in [0.25, 0.3) is 0 Å². The van der Waals surface area contributed by atoms with Crippen LogP contribution >= 0.6 is 0 Å². The van der Waals surface area contributed by atoms with Gasteiger partial charge in [0.05, 0.1) is 18.9 Å². The van der Waals surface area contributed by atoms with Gasteiger partial charge in [0.1, 0.15) is 5.75 Å². The SMILES string of the molecule is COc1ccccc1-n1cccc1CNCC1CCCO1. The fraction of sp³-hybridized carbons (Fsp3) is 0.412. The maximum atomic E-state index is 5.63. The molecule has 2 heterocycles. The Labute approximate surface area is 125 Å². The van der Waals surface area contributed by atoms with Crippen molar-refractivity contribution < 1.29 is 9.47 Å². The second kappa shape index (κ2) is 6.78. The Morgan fingerprint density at radius 2 is 2.19 bits per heavy atom. The second-order valence-electron chi connectivity index (χ2n) is 5.31. The smallest absolute Gasteiger partial charge is 0.142 e. The van der Waals surface area contributed by atoms with Gasteiger partial charge in [0, 0.05) is 31.6 Å². The lowest BCUT2D eigenvalue weighted by Crippen LogP contribution is -2.26. The lowest BCUT2D eigenvalue weighted by Gasteiger charge is -2.15. The zero-order valence-corrected chi connectivity index (χ0v) is 12.4. The van der Waals surface area contributed by atoms with E-state index in [0.717, 1.165) is 31.1 Å². The summed E-state index contributed by atoms with van der Waals surface area (Å²) in [6, 6.07) is 12.3. The van der Waals surface area contributed by atoms with E-state index in [9.17, 15) is 0 Å². The monoisotopic (exact) mass is 286 g/mol. The zero-order valence-electron chi connectivity index (χ0n) is 12.4. The van der Waals surface area contributed by atoms with E-state index in [1.165, 1.54) is 18.5 Å². The molecular weight excluding hydrogens is 264 g/mol. The molecule has 1 aromatic heterocycles. The van der Waals surface area contributed by atoms with Crippen LogP contribution in [0.4, 0.5) is 0 Å². The highest BCUT2D eigenvalue weighted by Crippen LogP contribution is 2.24. The summed E-state index contributed by atoms with van der Waals surface area (Å²) in [6.45, 7) is 2.64. The molecule has 1 aliphatic rings. The van der Waals surface area contributed by atoms with Gasteiger partial charge in [-0.3, -0.25) is 0 Å². The summed E-state index contributed by atoms with van der Waals surface area (Å²) in [4.78, 5) is 0. The highest BCUT2D eigenvalue weighted by atomic mass is 16.5. The highest BCUT2D eigenvalue weighted by Gasteiger charge is 2.15. The number of methoxy groups -OCH3 is 1. The predicted octanol–water partition coefficient (Wildman–Crippen LogP) is 2.75. The van der Waals surface area contributed by atoms with Crippen molar-refractivity contribution in [3.63, 3.8) is 0 Å². The number of hydrogen-bond acceptors (Lipinski definition) is 3. The molecule has 1 aromatic carbocycles. The maximum Gasteiger partial charge on any atom is 0.142 e. The molecule has 0 amide bonds. The van der Waals surface area contributed by atoms with Crippen LogP contribution in [0.3, 0.4) is 0 Å². The number of benzene rings is 1. The quantitative estimate of drug-likeness (QED) is 0.887. The van der Waals surface area contributed by atoms with Crippen LogP contribution in [0, 0.1) is 0 Å². The fourth-order valence-electron chi connectivity index (χ4n) is 2.79. The average Bonchev–Trinajstić information content (AvgIpc) is 3.19. The van der Waals surface area contributed by atoms with Crippen molar-refractivity contribution in [3.05, 3.63) is 48.3 Å². The Hall–Kier alpha value is -1.78. The Morgan fingerprint density at radius 1 is 1.29 bits per heavy atom. The van der Waals surface area contributed by atoms with Crippen LogP contribution in [0.25, 0.3) is 5.69 Å². The van der Waals surface area contributed by atoms with E-state index in [-0.39, 0.29) is 0 Å². The zero-order chi connectivity index (χ0) is 14.5. The summed E-state index contributed by atoms with van der Waals surface area (Å²) >= 11 is 0. The molecule has 0 saturated carbocycles. The highest BCUT2D eigenvalue weighted by molar-refractivity contribution is 5.48. The first-order valence-corrected chi connectivity index (χ1v) is 7.50. The van der Waals surface area contributed by atoms with Gasteiger partial charge in [-0.05, 0) is 37.1 Å². The molecule has 0 radical (unpaired) electrons. The summed E-state index contributed by atoms with van der Waals surface area (Å²) in [5, 5.41) is 3.49. The van der Waals surface area contributed by atoms with Gasteiger partial charge in [-0.25, -0.2) is 0 Å². The van der Waals surface area contributed by atoms with Gasteiger partial charge in [-0.15, -0.1) is 0 Å². The van der Waals surface area contributed by atoms with Crippen LogP contribution in [0.2, 0.25) is 0 Å². The first-order chi connectivity index (χ1) is 10.4. The summed E-state index contributed by atoms with van der Waals surface area (Å²) in [5.74, 6) is 0.883. The minimum Gasteiger partial charge on any atom is -0.495 e. The number of nitrogens with one attached hydrogen (secondary N) is 1.